The van der Waals surface area contributed by atoms with Crippen molar-refractivity contribution >= 4 is 11.0 Å². The van der Waals surface area contributed by atoms with E-state index < -0.39 is 0 Å². The largest absolute Gasteiger partial charge is 0.493 e. The molecule has 2 aromatic carbocycles. The zero-order valence-corrected chi connectivity index (χ0v) is 16.0. The van der Waals surface area contributed by atoms with Crippen molar-refractivity contribution in [2.75, 3.05) is 14.2 Å². The number of fused-ring (bicyclic) bond motifs is 1. The summed E-state index contributed by atoms with van der Waals surface area (Å²) < 4.78 is 13.1. The first-order valence-corrected chi connectivity index (χ1v) is 9.01. The number of rotatable bonds is 7. The van der Waals surface area contributed by atoms with Gasteiger partial charge in [-0.3, -0.25) is 0 Å². The van der Waals surface area contributed by atoms with Crippen molar-refractivity contribution in [2.24, 2.45) is 5.73 Å². The van der Waals surface area contributed by atoms with Crippen molar-refractivity contribution in [3.05, 3.63) is 53.3 Å². The van der Waals surface area contributed by atoms with Crippen LogP contribution in [0.2, 0.25) is 0 Å². The molecule has 1 heterocycles. The van der Waals surface area contributed by atoms with Crippen LogP contribution < -0.4 is 15.2 Å². The molecular formula is C21H27N3O2. The van der Waals surface area contributed by atoms with Crippen LogP contribution in [0, 0.1) is 6.92 Å². The first-order valence-electron chi connectivity index (χ1n) is 9.01. The number of ether oxygens (including phenoxy) is 2. The van der Waals surface area contributed by atoms with E-state index in [2.05, 4.69) is 42.7 Å². The SMILES string of the molecule is CCCC(N)c1nc2cc(OC)c(OC)cc2n1Cc1ccccc1C. The molecule has 0 fully saturated rings. The van der Waals surface area contributed by atoms with Crippen LogP contribution in [0.25, 0.3) is 11.0 Å². The molecule has 0 spiro atoms. The van der Waals surface area contributed by atoms with Crippen LogP contribution in [-0.4, -0.2) is 23.8 Å². The number of aryl methyl sites for hydroxylation is 1. The number of benzene rings is 2. The highest BCUT2D eigenvalue weighted by molar-refractivity contribution is 5.81. The van der Waals surface area contributed by atoms with E-state index in [4.69, 9.17) is 20.2 Å². The smallest absolute Gasteiger partial charge is 0.163 e. The molecule has 0 saturated heterocycles. The van der Waals surface area contributed by atoms with Gasteiger partial charge in [0.15, 0.2) is 11.5 Å². The van der Waals surface area contributed by atoms with Gasteiger partial charge in [0.1, 0.15) is 5.82 Å². The van der Waals surface area contributed by atoms with Crippen molar-refractivity contribution in [1.29, 1.82) is 0 Å². The Hall–Kier alpha value is -2.53. The van der Waals surface area contributed by atoms with Crippen LogP contribution in [0.1, 0.15) is 42.8 Å². The minimum absolute atomic E-state index is 0.103. The predicted octanol–water partition coefficient (Wildman–Crippen LogP) is 4.21. The van der Waals surface area contributed by atoms with Gasteiger partial charge in [0, 0.05) is 18.7 Å². The summed E-state index contributed by atoms with van der Waals surface area (Å²) in [5, 5.41) is 0. The summed E-state index contributed by atoms with van der Waals surface area (Å²) in [6.45, 7) is 5.00. The Labute approximate surface area is 154 Å². The molecule has 0 aliphatic carbocycles. The standard InChI is InChI=1S/C21H27N3O2/c1-5-8-16(22)21-23-17-11-19(25-3)20(26-4)12-18(17)24(21)13-15-10-7-6-9-14(15)2/h6-7,9-12,16H,5,8,13,22H2,1-4H3. The third-order valence-corrected chi connectivity index (χ3v) is 4.80. The summed E-state index contributed by atoms with van der Waals surface area (Å²) in [5.41, 5.74) is 10.8. The molecule has 0 saturated carbocycles. The monoisotopic (exact) mass is 353 g/mol. The summed E-state index contributed by atoms with van der Waals surface area (Å²) in [5.74, 6) is 2.28. The van der Waals surface area contributed by atoms with Gasteiger partial charge in [-0.05, 0) is 24.5 Å². The fraction of sp³-hybridized carbons (Fsp3) is 0.381. The van der Waals surface area contributed by atoms with Crippen LogP contribution in [0.5, 0.6) is 11.5 Å². The van der Waals surface area contributed by atoms with Crippen LogP contribution >= 0.6 is 0 Å². The quantitative estimate of drug-likeness (QED) is 0.691. The average molecular weight is 353 g/mol. The summed E-state index contributed by atoms with van der Waals surface area (Å²) in [4.78, 5) is 4.84. The zero-order valence-electron chi connectivity index (χ0n) is 16.0. The molecule has 5 heteroatoms. The molecule has 1 atom stereocenters. The van der Waals surface area contributed by atoms with E-state index in [1.165, 1.54) is 11.1 Å². The number of imidazole rings is 1. The second-order valence-electron chi connectivity index (χ2n) is 6.57. The third-order valence-electron chi connectivity index (χ3n) is 4.80. The maximum absolute atomic E-state index is 6.46. The molecule has 3 rings (SSSR count). The van der Waals surface area contributed by atoms with Crippen LogP contribution in [0.4, 0.5) is 0 Å². The van der Waals surface area contributed by atoms with E-state index in [-0.39, 0.29) is 6.04 Å². The van der Waals surface area contributed by atoms with E-state index in [1.54, 1.807) is 14.2 Å². The Kier molecular flexibility index (Phi) is 5.47. The van der Waals surface area contributed by atoms with Crippen molar-refractivity contribution in [2.45, 2.75) is 39.3 Å². The van der Waals surface area contributed by atoms with Gasteiger partial charge in [-0.25, -0.2) is 4.98 Å². The molecule has 1 unspecified atom stereocenters. The predicted molar refractivity (Wildman–Crippen MR) is 105 cm³/mol. The fourth-order valence-corrected chi connectivity index (χ4v) is 3.32. The molecule has 0 aliphatic heterocycles. The first-order chi connectivity index (χ1) is 12.6. The van der Waals surface area contributed by atoms with Gasteiger partial charge in [-0.2, -0.15) is 0 Å². The van der Waals surface area contributed by atoms with Crippen molar-refractivity contribution < 1.29 is 9.47 Å². The van der Waals surface area contributed by atoms with Crippen molar-refractivity contribution in [1.82, 2.24) is 9.55 Å². The van der Waals surface area contributed by atoms with Gasteiger partial charge in [-0.1, -0.05) is 37.6 Å². The fourth-order valence-electron chi connectivity index (χ4n) is 3.32. The lowest BCUT2D eigenvalue weighted by Crippen LogP contribution is -2.17. The second kappa shape index (κ2) is 7.79. The second-order valence-corrected chi connectivity index (χ2v) is 6.57. The van der Waals surface area contributed by atoms with E-state index in [0.717, 1.165) is 36.2 Å². The van der Waals surface area contributed by atoms with Gasteiger partial charge in [0.05, 0.1) is 31.3 Å². The molecule has 1 aromatic heterocycles. The Morgan fingerprint density at radius 2 is 1.81 bits per heavy atom. The minimum atomic E-state index is -0.103. The highest BCUT2D eigenvalue weighted by Crippen LogP contribution is 2.34. The molecule has 2 N–H and O–H groups in total. The van der Waals surface area contributed by atoms with E-state index in [1.807, 2.05) is 12.1 Å². The van der Waals surface area contributed by atoms with Crippen LogP contribution in [-0.2, 0) is 6.54 Å². The molecule has 0 amide bonds. The minimum Gasteiger partial charge on any atom is -0.493 e. The van der Waals surface area contributed by atoms with Gasteiger partial charge in [0.2, 0.25) is 0 Å². The number of nitrogens with zero attached hydrogens (tertiary/aromatic N) is 2. The van der Waals surface area contributed by atoms with Gasteiger partial charge in [-0.15, -0.1) is 0 Å². The Morgan fingerprint density at radius 1 is 1.12 bits per heavy atom. The normalized spacial score (nSPS) is 12.3. The highest BCUT2D eigenvalue weighted by atomic mass is 16.5. The Morgan fingerprint density at radius 3 is 2.46 bits per heavy atom. The number of hydrogen-bond donors (Lipinski definition) is 1. The number of aromatic nitrogens is 2. The lowest BCUT2D eigenvalue weighted by molar-refractivity contribution is 0.355. The lowest BCUT2D eigenvalue weighted by Gasteiger charge is -2.16. The summed E-state index contributed by atoms with van der Waals surface area (Å²) in [6.07, 6.45) is 1.91. The van der Waals surface area contributed by atoms with Gasteiger partial charge < -0.3 is 19.8 Å². The lowest BCUT2D eigenvalue weighted by atomic mass is 10.1. The summed E-state index contributed by atoms with van der Waals surface area (Å²) in [6, 6.07) is 12.2. The maximum Gasteiger partial charge on any atom is 0.163 e. The number of nitrogens with two attached hydrogens (primary N) is 1. The average Bonchev–Trinajstić information content (AvgIpc) is 3.00. The van der Waals surface area contributed by atoms with Gasteiger partial charge in [0.25, 0.3) is 0 Å². The summed E-state index contributed by atoms with van der Waals surface area (Å²) in [7, 11) is 3.28. The zero-order chi connectivity index (χ0) is 18.7. The highest BCUT2D eigenvalue weighted by Gasteiger charge is 2.19. The molecular weight excluding hydrogens is 326 g/mol. The van der Waals surface area contributed by atoms with E-state index in [9.17, 15) is 0 Å². The third kappa shape index (κ3) is 3.40. The number of hydrogen-bond acceptors (Lipinski definition) is 4. The number of methoxy groups -OCH3 is 2. The molecule has 0 radical (unpaired) electrons. The Balaban J connectivity index is 2.18. The molecule has 0 bridgehead atoms. The topological polar surface area (TPSA) is 62.3 Å². The first kappa shape index (κ1) is 18.3. The van der Waals surface area contributed by atoms with E-state index in [0.29, 0.717) is 11.5 Å². The van der Waals surface area contributed by atoms with Crippen molar-refractivity contribution in [3.8, 4) is 11.5 Å². The van der Waals surface area contributed by atoms with Crippen molar-refractivity contribution in [3.63, 3.8) is 0 Å². The van der Waals surface area contributed by atoms with Crippen LogP contribution in [0.3, 0.4) is 0 Å². The van der Waals surface area contributed by atoms with E-state index >= 15 is 0 Å². The van der Waals surface area contributed by atoms with Gasteiger partial charge >= 0.3 is 0 Å². The Bertz CT molecular complexity index is 902. The molecule has 26 heavy (non-hydrogen) atoms. The molecule has 0 aliphatic rings. The maximum atomic E-state index is 6.46. The molecule has 5 nitrogen and oxygen atoms in total. The van der Waals surface area contributed by atoms with Crippen LogP contribution in [0.15, 0.2) is 36.4 Å². The molecule has 138 valence electrons. The molecule has 3 aromatic rings. The summed E-state index contributed by atoms with van der Waals surface area (Å²) >= 11 is 0.